The van der Waals surface area contributed by atoms with Gasteiger partial charge in [0.15, 0.2) is 0 Å². The van der Waals surface area contributed by atoms with Crippen LogP contribution in [0.2, 0.25) is 0 Å². The summed E-state index contributed by atoms with van der Waals surface area (Å²) in [6.45, 7) is 6.73. The first-order valence-electron chi connectivity index (χ1n) is 7.42. The van der Waals surface area contributed by atoms with Crippen molar-refractivity contribution in [3.05, 3.63) is 32.8 Å². The lowest BCUT2D eigenvalue weighted by Crippen LogP contribution is -2.32. The predicted molar refractivity (Wildman–Crippen MR) is 88.8 cm³/mol. The van der Waals surface area contributed by atoms with Gasteiger partial charge in [0.25, 0.3) is 5.69 Å². The smallest absolute Gasteiger partial charge is 0.283 e. The Bertz CT molecular complexity index is 508. The molecule has 1 fully saturated rings. The molecule has 21 heavy (non-hydrogen) atoms. The third-order valence-corrected chi connectivity index (χ3v) is 4.64. The Morgan fingerprint density at radius 2 is 2.14 bits per heavy atom. The van der Waals surface area contributed by atoms with Gasteiger partial charge in [0, 0.05) is 30.4 Å². The normalized spacial score (nSPS) is 20.3. The molecule has 0 bridgehead atoms. The number of nitro groups is 1. The molecule has 0 aromatic heterocycles. The highest BCUT2D eigenvalue weighted by atomic mass is 79.9. The second kappa shape index (κ2) is 7.22. The molecular weight excluding hydrogens is 334 g/mol. The van der Waals surface area contributed by atoms with Gasteiger partial charge in [-0.25, -0.2) is 0 Å². The van der Waals surface area contributed by atoms with Gasteiger partial charge >= 0.3 is 0 Å². The number of nitro benzene ring substituents is 1. The Balaban J connectivity index is 1.98. The topological polar surface area (TPSA) is 58.4 Å². The maximum Gasteiger partial charge on any atom is 0.283 e. The minimum atomic E-state index is -0.375. The average Bonchev–Trinajstić information content (AvgIpc) is 2.64. The zero-order chi connectivity index (χ0) is 15.4. The zero-order valence-electron chi connectivity index (χ0n) is 12.5. The summed E-state index contributed by atoms with van der Waals surface area (Å²) in [7, 11) is 0. The quantitative estimate of drug-likeness (QED) is 0.654. The standard InChI is InChI=1S/C15H22BrN3O2/c1-11(2)18-8-3-4-12(7-9-18)17-13-5-6-15(19(20)21)14(16)10-13/h5-6,10-12,17H,3-4,7-9H2,1-2H3. The van der Waals surface area contributed by atoms with E-state index in [0.717, 1.165) is 31.6 Å². The molecule has 0 saturated carbocycles. The molecule has 1 saturated heterocycles. The summed E-state index contributed by atoms with van der Waals surface area (Å²) in [5, 5.41) is 14.3. The van der Waals surface area contributed by atoms with Crippen molar-refractivity contribution in [1.29, 1.82) is 0 Å². The highest BCUT2D eigenvalue weighted by Gasteiger charge is 2.19. The summed E-state index contributed by atoms with van der Waals surface area (Å²) in [4.78, 5) is 13.0. The van der Waals surface area contributed by atoms with E-state index in [9.17, 15) is 10.1 Å². The number of anilines is 1. The van der Waals surface area contributed by atoms with Crippen LogP contribution in [0, 0.1) is 10.1 Å². The lowest BCUT2D eigenvalue weighted by molar-refractivity contribution is -0.385. The molecule has 5 nitrogen and oxygen atoms in total. The number of hydrogen-bond acceptors (Lipinski definition) is 4. The van der Waals surface area contributed by atoms with E-state index in [1.165, 1.54) is 6.42 Å². The molecule has 116 valence electrons. The lowest BCUT2D eigenvalue weighted by atomic mass is 10.1. The number of benzene rings is 1. The van der Waals surface area contributed by atoms with E-state index in [0.29, 0.717) is 16.6 Å². The maximum atomic E-state index is 10.8. The monoisotopic (exact) mass is 355 g/mol. The Hall–Kier alpha value is -1.14. The van der Waals surface area contributed by atoms with Crippen LogP contribution >= 0.6 is 15.9 Å². The molecule has 1 aromatic rings. The van der Waals surface area contributed by atoms with Gasteiger partial charge in [-0.2, -0.15) is 0 Å². The van der Waals surface area contributed by atoms with Gasteiger partial charge in [-0.1, -0.05) is 0 Å². The van der Waals surface area contributed by atoms with Crippen LogP contribution in [0.1, 0.15) is 33.1 Å². The molecule has 6 heteroatoms. The van der Waals surface area contributed by atoms with Crippen LogP contribution in [0.5, 0.6) is 0 Å². The molecule has 1 aliphatic rings. The second-order valence-corrected chi connectivity index (χ2v) is 6.68. The van der Waals surface area contributed by atoms with Gasteiger partial charge in [-0.3, -0.25) is 10.1 Å². The van der Waals surface area contributed by atoms with Gasteiger partial charge in [-0.05, 0) is 67.7 Å². The van der Waals surface area contributed by atoms with Crippen molar-refractivity contribution in [2.24, 2.45) is 0 Å². The summed E-state index contributed by atoms with van der Waals surface area (Å²) >= 11 is 3.27. The molecule has 0 amide bonds. The van der Waals surface area contributed by atoms with Crippen LogP contribution in [-0.2, 0) is 0 Å². The number of rotatable bonds is 4. The van der Waals surface area contributed by atoms with Crippen LogP contribution in [0.15, 0.2) is 22.7 Å². The number of halogens is 1. The van der Waals surface area contributed by atoms with E-state index in [1.54, 1.807) is 18.2 Å². The number of nitrogens with one attached hydrogen (secondary N) is 1. The van der Waals surface area contributed by atoms with Gasteiger partial charge in [0.1, 0.15) is 0 Å². The lowest BCUT2D eigenvalue weighted by Gasteiger charge is -2.24. The fourth-order valence-electron chi connectivity index (χ4n) is 2.76. The fraction of sp³-hybridized carbons (Fsp3) is 0.600. The first-order chi connectivity index (χ1) is 9.97. The summed E-state index contributed by atoms with van der Waals surface area (Å²) in [5.41, 5.74) is 1.04. The van der Waals surface area contributed by atoms with Crippen LogP contribution in [-0.4, -0.2) is 35.0 Å². The van der Waals surface area contributed by atoms with E-state index in [4.69, 9.17) is 0 Å². The molecule has 2 rings (SSSR count). The van der Waals surface area contributed by atoms with Crippen LogP contribution < -0.4 is 5.32 Å². The molecule has 0 spiro atoms. The number of hydrogen-bond donors (Lipinski definition) is 1. The highest BCUT2D eigenvalue weighted by molar-refractivity contribution is 9.10. The Labute approximate surface area is 134 Å². The summed E-state index contributed by atoms with van der Waals surface area (Å²) in [6, 6.07) is 6.15. The number of likely N-dealkylation sites (tertiary alicyclic amines) is 1. The highest BCUT2D eigenvalue weighted by Crippen LogP contribution is 2.28. The van der Waals surface area contributed by atoms with Gasteiger partial charge in [-0.15, -0.1) is 0 Å². The van der Waals surface area contributed by atoms with Crippen molar-refractivity contribution in [3.8, 4) is 0 Å². The molecule has 0 aliphatic carbocycles. The van der Waals surface area contributed by atoms with Crippen molar-refractivity contribution in [2.45, 2.75) is 45.2 Å². The summed E-state index contributed by atoms with van der Waals surface area (Å²) in [5.74, 6) is 0. The maximum absolute atomic E-state index is 10.8. The summed E-state index contributed by atoms with van der Waals surface area (Å²) in [6.07, 6.45) is 3.43. The Morgan fingerprint density at radius 3 is 2.76 bits per heavy atom. The summed E-state index contributed by atoms with van der Waals surface area (Å²) < 4.78 is 0.523. The average molecular weight is 356 g/mol. The van der Waals surface area contributed by atoms with E-state index in [1.807, 2.05) is 0 Å². The van der Waals surface area contributed by atoms with Crippen molar-refractivity contribution < 1.29 is 4.92 Å². The molecule has 1 aliphatic heterocycles. The zero-order valence-corrected chi connectivity index (χ0v) is 14.1. The second-order valence-electron chi connectivity index (χ2n) is 5.83. The third kappa shape index (κ3) is 4.41. The molecule has 1 N–H and O–H groups in total. The fourth-order valence-corrected chi connectivity index (χ4v) is 3.28. The molecule has 1 atom stereocenters. The predicted octanol–water partition coefficient (Wildman–Crippen LogP) is 4.03. The molecular formula is C15H22BrN3O2. The largest absolute Gasteiger partial charge is 0.382 e. The van der Waals surface area contributed by atoms with E-state index in [-0.39, 0.29) is 10.6 Å². The first-order valence-corrected chi connectivity index (χ1v) is 8.21. The number of nitrogens with zero attached hydrogens (tertiary/aromatic N) is 2. The Kier molecular flexibility index (Phi) is 5.58. The van der Waals surface area contributed by atoms with Crippen molar-refractivity contribution in [2.75, 3.05) is 18.4 Å². The first kappa shape index (κ1) is 16.2. The van der Waals surface area contributed by atoms with Crippen LogP contribution in [0.3, 0.4) is 0 Å². The van der Waals surface area contributed by atoms with E-state index < -0.39 is 0 Å². The SMILES string of the molecule is CC(C)N1CCCC(Nc2ccc([N+](=O)[O-])c(Br)c2)CC1. The van der Waals surface area contributed by atoms with Crippen molar-refractivity contribution in [1.82, 2.24) is 4.90 Å². The van der Waals surface area contributed by atoms with Crippen LogP contribution in [0.25, 0.3) is 0 Å². The van der Waals surface area contributed by atoms with E-state index in [2.05, 4.69) is 40.0 Å². The van der Waals surface area contributed by atoms with Gasteiger partial charge in [0.2, 0.25) is 0 Å². The molecule has 1 aromatic carbocycles. The van der Waals surface area contributed by atoms with Gasteiger partial charge in [0.05, 0.1) is 9.40 Å². The molecule has 1 heterocycles. The minimum Gasteiger partial charge on any atom is -0.382 e. The third-order valence-electron chi connectivity index (χ3n) is 4.01. The van der Waals surface area contributed by atoms with Crippen LogP contribution in [0.4, 0.5) is 11.4 Å². The molecule has 0 radical (unpaired) electrons. The minimum absolute atomic E-state index is 0.104. The Morgan fingerprint density at radius 1 is 1.38 bits per heavy atom. The van der Waals surface area contributed by atoms with Crippen molar-refractivity contribution in [3.63, 3.8) is 0 Å². The van der Waals surface area contributed by atoms with Crippen molar-refractivity contribution >= 4 is 27.3 Å². The molecule has 1 unspecified atom stereocenters. The van der Waals surface area contributed by atoms with Gasteiger partial charge < -0.3 is 10.2 Å². The van der Waals surface area contributed by atoms with E-state index >= 15 is 0 Å².